The van der Waals surface area contributed by atoms with Crippen molar-refractivity contribution in [2.45, 2.75) is 20.0 Å². The van der Waals surface area contributed by atoms with Gasteiger partial charge >= 0.3 is 6.18 Å². The third kappa shape index (κ3) is 2.59. The Kier molecular flexibility index (Phi) is 3.35. The van der Waals surface area contributed by atoms with Crippen LogP contribution in [0.4, 0.5) is 17.6 Å². The predicted octanol–water partition coefficient (Wildman–Crippen LogP) is 3.68. The molecule has 1 rings (SSSR count). The summed E-state index contributed by atoms with van der Waals surface area (Å²) in [6, 6.07) is 2.21. The van der Waals surface area contributed by atoms with Gasteiger partial charge in [0.1, 0.15) is 5.82 Å². The minimum absolute atomic E-state index is 0.0412. The molecule has 0 saturated carbocycles. The zero-order valence-corrected chi connectivity index (χ0v) is 8.73. The van der Waals surface area contributed by atoms with E-state index in [2.05, 4.69) is 0 Å². The van der Waals surface area contributed by atoms with Crippen LogP contribution in [0, 0.1) is 11.7 Å². The van der Waals surface area contributed by atoms with Crippen LogP contribution >= 0.6 is 0 Å². The molecule has 0 atom stereocenters. The van der Waals surface area contributed by atoms with E-state index in [1.54, 1.807) is 13.8 Å². The van der Waals surface area contributed by atoms with Crippen molar-refractivity contribution in [1.29, 1.82) is 0 Å². The molecule has 0 heterocycles. The molecular weight excluding hydrogens is 224 g/mol. The fourth-order valence-corrected chi connectivity index (χ4v) is 1.23. The van der Waals surface area contributed by atoms with Gasteiger partial charge in [0.05, 0.1) is 5.56 Å². The van der Waals surface area contributed by atoms with E-state index in [0.717, 1.165) is 6.07 Å². The van der Waals surface area contributed by atoms with E-state index in [1.165, 1.54) is 0 Å². The van der Waals surface area contributed by atoms with Crippen LogP contribution in [0.2, 0.25) is 0 Å². The summed E-state index contributed by atoms with van der Waals surface area (Å²) in [6.07, 6.45) is -4.73. The van der Waals surface area contributed by atoms with E-state index in [-0.39, 0.29) is 17.3 Å². The van der Waals surface area contributed by atoms with Crippen molar-refractivity contribution in [2.75, 3.05) is 0 Å². The molecule has 0 saturated heterocycles. The van der Waals surface area contributed by atoms with Crippen molar-refractivity contribution >= 4 is 5.78 Å². The maximum absolute atomic E-state index is 13.1. The molecule has 0 fully saturated rings. The number of hydrogen-bond donors (Lipinski definition) is 0. The molecule has 1 nitrogen and oxygen atoms in total. The second-order valence-corrected chi connectivity index (χ2v) is 3.71. The van der Waals surface area contributed by atoms with E-state index >= 15 is 0 Å². The number of hydrogen-bond acceptors (Lipinski definition) is 1. The fourth-order valence-electron chi connectivity index (χ4n) is 1.23. The molecule has 0 bridgehead atoms. The van der Waals surface area contributed by atoms with Crippen LogP contribution in [0.15, 0.2) is 18.2 Å². The monoisotopic (exact) mass is 234 g/mol. The summed E-state index contributed by atoms with van der Waals surface area (Å²) < 4.78 is 49.7. The second-order valence-electron chi connectivity index (χ2n) is 3.71. The van der Waals surface area contributed by atoms with Gasteiger partial charge in [-0.1, -0.05) is 19.9 Å². The standard InChI is InChI=1S/C11H10F4O/c1-6(2)10(16)7-3-4-8(9(12)5-7)11(13,14)15/h3-6H,1-2H3. The number of carbonyl (C=O) groups is 1. The van der Waals surface area contributed by atoms with Crippen molar-refractivity contribution < 1.29 is 22.4 Å². The van der Waals surface area contributed by atoms with Gasteiger partial charge in [0, 0.05) is 11.5 Å². The summed E-state index contributed by atoms with van der Waals surface area (Å²) >= 11 is 0. The van der Waals surface area contributed by atoms with Crippen LogP contribution in [0.3, 0.4) is 0 Å². The van der Waals surface area contributed by atoms with Gasteiger partial charge in [-0.25, -0.2) is 4.39 Å². The molecule has 0 aromatic heterocycles. The summed E-state index contributed by atoms with van der Waals surface area (Å²) in [6.45, 7) is 3.19. The summed E-state index contributed by atoms with van der Waals surface area (Å²) in [7, 11) is 0. The second kappa shape index (κ2) is 4.23. The van der Waals surface area contributed by atoms with Gasteiger partial charge in [0.2, 0.25) is 0 Å². The molecule has 16 heavy (non-hydrogen) atoms. The maximum Gasteiger partial charge on any atom is 0.419 e. The first kappa shape index (κ1) is 12.7. The molecule has 0 radical (unpaired) electrons. The summed E-state index contributed by atoms with van der Waals surface area (Å²) in [5, 5.41) is 0. The first-order valence-electron chi connectivity index (χ1n) is 4.64. The molecule has 0 N–H and O–H groups in total. The van der Waals surface area contributed by atoms with E-state index < -0.39 is 17.6 Å². The molecule has 1 aromatic carbocycles. The number of ketones is 1. The molecule has 0 amide bonds. The molecule has 0 unspecified atom stereocenters. The Morgan fingerprint density at radius 2 is 1.81 bits per heavy atom. The van der Waals surface area contributed by atoms with Crippen molar-refractivity contribution in [3.05, 3.63) is 35.1 Å². The summed E-state index contributed by atoms with van der Waals surface area (Å²) in [5.74, 6) is -2.18. The summed E-state index contributed by atoms with van der Waals surface area (Å²) in [4.78, 5) is 11.4. The number of rotatable bonds is 2. The molecule has 0 aliphatic carbocycles. The highest BCUT2D eigenvalue weighted by atomic mass is 19.4. The van der Waals surface area contributed by atoms with Gasteiger partial charge in [-0.15, -0.1) is 0 Å². The van der Waals surface area contributed by atoms with E-state index in [1.807, 2.05) is 0 Å². The van der Waals surface area contributed by atoms with Crippen LogP contribution in [-0.4, -0.2) is 5.78 Å². The van der Waals surface area contributed by atoms with Crippen molar-refractivity contribution in [3.63, 3.8) is 0 Å². The first-order chi connectivity index (χ1) is 7.23. The highest BCUT2D eigenvalue weighted by Gasteiger charge is 2.34. The lowest BCUT2D eigenvalue weighted by atomic mass is 9.99. The normalized spacial score (nSPS) is 11.9. The third-order valence-corrected chi connectivity index (χ3v) is 2.08. The summed E-state index contributed by atoms with van der Waals surface area (Å²) in [5.41, 5.74) is -1.40. The average molecular weight is 234 g/mol. The van der Waals surface area contributed by atoms with Gasteiger partial charge in [-0.05, 0) is 12.1 Å². The van der Waals surface area contributed by atoms with Gasteiger partial charge in [-0.2, -0.15) is 13.2 Å². The molecule has 0 aliphatic heterocycles. The first-order valence-corrected chi connectivity index (χ1v) is 4.64. The van der Waals surface area contributed by atoms with Gasteiger partial charge in [0.15, 0.2) is 5.78 Å². The Bertz CT molecular complexity index is 407. The lowest BCUT2D eigenvalue weighted by Crippen LogP contribution is -2.12. The molecule has 1 aromatic rings. The fraction of sp³-hybridized carbons (Fsp3) is 0.364. The highest BCUT2D eigenvalue weighted by molar-refractivity contribution is 5.97. The topological polar surface area (TPSA) is 17.1 Å². The highest BCUT2D eigenvalue weighted by Crippen LogP contribution is 2.31. The van der Waals surface area contributed by atoms with Gasteiger partial charge < -0.3 is 0 Å². The quantitative estimate of drug-likeness (QED) is 0.563. The van der Waals surface area contributed by atoms with Crippen molar-refractivity contribution in [2.24, 2.45) is 5.92 Å². The largest absolute Gasteiger partial charge is 0.419 e. The van der Waals surface area contributed by atoms with Gasteiger partial charge in [0.25, 0.3) is 0 Å². The molecule has 5 heteroatoms. The number of halogens is 4. The zero-order chi connectivity index (χ0) is 12.5. The molecule has 0 aliphatic rings. The number of Topliss-reactive ketones (excluding diaryl/α,β-unsaturated/α-hetero) is 1. The molecular formula is C11H10F4O. The Balaban J connectivity index is 3.15. The third-order valence-electron chi connectivity index (χ3n) is 2.08. The average Bonchev–Trinajstić information content (AvgIpc) is 2.14. The van der Waals surface area contributed by atoms with Crippen molar-refractivity contribution in [3.8, 4) is 0 Å². The Labute approximate surface area is 90.1 Å². The smallest absolute Gasteiger partial charge is 0.294 e. The van der Waals surface area contributed by atoms with Crippen LogP contribution < -0.4 is 0 Å². The SMILES string of the molecule is CC(C)C(=O)c1ccc(C(F)(F)F)c(F)c1. The number of benzene rings is 1. The van der Waals surface area contributed by atoms with Gasteiger partial charge in [-0.3, -0.25) is 4.79 Å². The Morgan fingerprint density at radius 1 is 1.25 bits per heavy atom. The minimum Gasteiger partial charge on any atom is -0.294 e. The molecule has 88 valence electrons. The van der Waals surface area contributed by atoms with E-state index in [0.29, 0.717) is 12.1 Å². The van der Waals surface area contributed by atoms with Crippen LogP contribution in [0.1, 0.15) is 29.8 Å². The predicted molar refractivity (Wildman–Crippen MR) is 50.6 cm³/mol. The van der Waals surface area contributed by atoms with E-state index in [4.69, 9.17) is 0 Å². The van der Waals surface area contributed by atoms with Crippen LogP contribution in [0.5, 0.6) is 0 Å². The van der Waals surface area contributed by atoms with Crippen LogP contribution in [-0.2, 0) is 6.18 Å². The maximum atomic E-state index is 13.1. The lowest BCUT2D eigenvalue weighted by Gasteiger charge is -2.09. The van der Waals surface area contributed by atoms with Crippen LogP contribution in [0.25, 0.3) is 0 Å². The van der Waals surface area contributed by atoms with E-state index in [9.17, 15) is 22.4 Å². The number of carbonyl (C=O) groups excluding carboxylic acids is 1. The van der Waals surface area contributed by atoms with Crippen molar-refractivity contribution in [1.82, 2.24) is 0 Å². The Hall–Kier alpha value is -1.39. The Morgan fingerprint density at radius 3 is 2.19 bits per heavy atom. The molecule has 0 spiro atoms. The zero-order valence-electron chi connectivity index (χ0n) is 8.73. The lowest BCUT2D eigenvalue weighted by molar-refractivity contribution is -0.140. The number of alkyl halides is 3. The minimum atomic E-state index is -4.73.